The van der Waals surface area contributed by atoms with Crippen LogP contribution in [0, 0.1) is 0 Å². The lowest BCUT2D eigenvalue weighted by atomic mass is 10.2. The number of aryl methyl sites for hydroxylation is 1. The van der Waals surface area contributed by atoms with Gasteiger partial charge in [-0.25, -0.2) is 4.79 Å². The molecule has 0 unspecified atom stereocenters. The highest BCUT2D eigenvalue weighted by Gasteiger charge is 2.01. The maximum absolute atomic E-state index is 10.7. The van der Waals surface area contributed by atoms with Gasteiger partial charge in [-0.15, -0.1) is 0 Å². The molecule has 1 aromatic heterocycles. The number of benzene rings is 1. The van der Waals surface area contributed by atoms with Crippen LogP contribution >= 0.6 is 0 Å². The van der Waals surface area contributed by atoms with E-state index in [-0.39, 0.29) is 6.42 Å². The Kier molecular flexibility index (Phi) is 4.36. The highest BCUT2D eigenvalue weighted by atomic mass is 17.1. The fraction of sp³-hybridized carbons (Fsp3) is 0.357. The number of unbranched alkanes of at least 4 members (excludes halogenated alkanes) is 2. The van der Waals surface area contributed by atoms with Gasteiger partial charge < -0.3 is 9.45 Å². The standard InChI is InChI=1S/C14H17NO3/c16-14(18-17)8-2-1-5-9-15-10-12-6-3-4-7-13(12)11-15/h3-4,6-7,10-11,17H,1-2,5,8-9H2. The molecule has 0 saturated heterocycles. The van der Waals surface area contributed by atoms with Gasteiger partial charge in [0.25, 0.3) is 0 Å². The predicted octanol–water partition coefficient (Wildman–Crippen LogP) is 3.22. The van der Waals surface area contributed by atoms with Crippen LogP contribution < -0.4 is 0 Å². The monoisotopic (exact) mass is 247 g/mol. The summed E-state index contributed by atoms with van der Waals surface area (Å²) in [6, 6.07) is 8.27. The van der Waals surface area contributed by atoms with Gasteiger partial charge in [0.05, 0.1) is 0 Å². The number of rotatable bonds is 6. The summed E-state index contributed by atoms with van der Waals surface area (Å²) < 4.78 is 2.18. The molecule has 4 heteroatoms. The van der Waals surface area contributed by atoms with Gasteiger partial charge in [0.1, 0.15) is 0 Å². The van der Waals surface area contributed by atoms with Crippen LogP contribution in [0.3, 0.4) is 0 Å². The molecule has 1 aromatic carbocycles. The molecule has 96 valence electrons. The fourth-order valence-corrected chi connectivity index (χ4v) is 2.06. The summed E-state index contributed by atoms with van der Waals surface area (Å²) in [6.07, 6.45) is 7.27. The van der Waals surface area contributed by atoms with Gasteiger partial charge in [-0.05, 0) is 23.6 Å². The predicted molar refractivity (Wildman–Crippen MR) is 69.1 cm³/mol. The molecule has 1 heterocycles. The van der Waals surface area contributed by atoms with Crippen molar-refractivity contribution in [1.82, 2.24) is 4.57 Å². The molecule has 0 bridgehead atoms. The molecule has 2 aromatic rings. The Labute approximate surface area is 106 Å². The molecule has 0 fully saturated rings. The average molecular weight is 247 g/mol. The van der Waals surface area contributed by atoms with Crippen molar-refractivity contribution < 1.29 is 14.9 Å². The van der Waals surface area contributed by atoms with Crippen molar-refractivity contribution >= 4 is 16.7 Å². The second-order valence-electron chi connectivity index (χ2n) is 4.40. The van der Waals surface area contributed by atoms with Gasteiger partial charge in [-0.3, -0.25) is 0 Å². The molecule has 0 saturated carbocycles. The lowest BCUT2D eigenvalue weighted by molar-refractivity contribution is -0.234. The third-order valence-electron chi connectivity index (χ3n) is 3.00. The second kappa shape index (κ2) is 6.21. The largest absolute Gasteiger partial charge is 0.353 e. The van der Waals surface area contributed by atoms with Crippen LogP contribution in [-0.4, -0.2) is 15.8 Å². The van der Waals surface area contributed by atoms with E-state index in [9.17, 15) is 4.79 Å². The zero-order valence-electron chi connectivity index (χ0n) is 10.2. The summed E-state index contributed by atoms with van der Waals surface area (Å²) >= 11 is 0. The van der Waals surface area contributed by atoms with Gasteiger partial charge in [-0.2, -0.15) is 5.26 Å². The lowest BCUT2D eigenvalue weighted by Crippen LogP contribution is -2.00. The van der Waals surface area contributed by atoms with Gasteiger partial charge in [0.15, 0.2) is 0 Å². The Morgan fingerprint density at radius 2 is 1.78 bits per heavy atom. The number of hydrogen-bond acceptors (Lipinski definition) is 3. The summed E-state index contributed by atoms with van der Waals surface area (Å²) in [4.78, 5) is 14.3. The fourth-order valence-electron chi connectivity index (χ4n) is 2.06. The smallest absolute Gasteiger partial charge is 0.342 e. The topological polar surface area (TPSA) is 51.5 Å². The van der Waals surface area contributed by atoms with E-state index in [1.807, 2.05) is 12.1 Å². The summed E-state index contributed by atoms with van der Waals surface area (Å²) in [7, 11) is 0. The van der Waals surface area contributed by atoms with Crippen LogP contribution in [0.15, 0.2) is 36.7 Å². The van der Waals surface area contributed by atoms with Crippen molar-refractivity contribution in [1.29, 1.82) is 0 Å². The van der Waals surface area contributed by atoms with E-state index < -0.39 is 5.97 Å². The number of nitrogens with zero attached hydrogens (tertiary/aromatic N) is 1. The summed E-state index contributed by atoms with van der Waals surface area (Å²) in [6.45, 7) is 0.947. The summed E-state index contributed by atoms with van der Waals surface area (Å²) in [5, 5.41) is 10.6. The Hall–Kier alpha value is -1.81. The van der Waals surface area contributed by atoms with E-state index in [0.717, 1.165) is 25.8 Å². The van der Waals surface area contributed by atoms with Gasteiger partial charge in [0.2, 0.25) is 0 Å². The number of carbonyl (C=O) groups excluding carboxylic acids is 1. The Bertz CT molecular complexity index is 485. The number of carbonyl (C=O) groups is 1. The Morgan fingerprint density at radius 3 is 2.39 bits per heavy atom. The molecule has 0 radical (unpaired) electrons. The van der Waals surface area contributed by atoms with Crippen LogP contribution in [0.1, 0.15) is 25.7 Å². The zero-order valence-corrected chi connectivity index (χ0v) is 10.2. The van der Waals surface area contributed by atoms with E-state index >= 15 is 0 Å². The molecule has 0 amide bonds. The van der Waals surface area contributed by atoms with E-state index in [0.29, 0.717) is 0 Å². The lowest BCUT2D eigenvalue weighted by Gasteiger charge is -2.01. The van der Waals surface area contributed by atoms with Gasteiger partial charge >= 0.3 is 5.97 Å². The van der Waals surface area contributed by atoms with E-state index in [2.05, 4.69) is 34.0 Å². The molecule has 0 aliphatic rings. The van der Waals surface area contributed by atoms with E-state index in [4.69, 9.17) is 5.26 Å². The molecular formula is C14H17NO3. The highest BCUT2D eigenvalue weighted by molar-refractivity contribution is 5.82. The third-order valence-corrected chi connectivity index (χ3v) is 3.00. The molecule has 1 N–H and O–H groups in total. The van der Waals surface area contributed by atoms with E-state index in [1.165, 1.54) is 10.8 Å². The minimum Gasteiger partial charge on any atom is -0.353 e. The minimum atomic E-state index is -0.554. The quantitative estimate of drug-likeness (QED) is 0.484. The first kappa shape index (κ1) is 12.6. The van der Waals surface area contributed by atoms with Crippen molar-refractivity contribution in [3.05, 3.63) is 36.7 Å². The summed E-state index contributed by atoms with van der Waals surface area (Å²) in [5.74, 6) is -0.554. The molecule has 0 aliphatic heterocycles. The van der Waals surface area contributed by atoms with E-state index in [1.54, 1.807) is 0 Å². The van der Waals surface area contributed by atoms with Gasteiger partial charge in [-0.1, -0.05) is 30.7 Å². The normalized spacial score (nSPS) is 10.7. The van der Waals surface area contributed by atoms with Crippen LogP contribution in [0.4, 0.5) is 0 Å². The third kappa shape index (κ3) is 3.34. The number of fused-ring (bicyclic) bond motifs is 1. The highest BCUT2D eigenvalue weighted by Crippen LogP contribution is 2.15. The molecular weight excluding hydrogens is 230 g/mol. The van der Waals surface area contributed by atoms with Crippen molar-refractivity contribution in [2.75, 3.05) is 0 Å². The first-order valence-corrected chi connectivity index (χ1v) is 6.18. The van der Waals surface area contributed by atoms with Crippen molar-refractivity contribution in [3.63, 3.8) is 0 Å². The second-order valence-corrected chi connectivity index (χ2v) is 4.40. The van der Waals surface area contributed by atoms with Crippen molar-refractivity contribution in [2.24, 2.45) is 0 Å². The van der Waals surface area contributed by atoms with Crippen molar-refractivity contribution in [3.8, 4) is 0 Å². The number of hydrogen-bond donors (Lipinski definition) is 1. The van der Waals surface area contributed by atoms with Crippen molar-refractivity contribution in [2.45, 2.75) is 32.2 Å². The first-order chi connectivity index (χ1) is 8.79. The maximum atomic E-state index is 10.7. The Morgan fingerprint density at radius 1 is 1.11 bits per heavy atom. The number of aromatic nitrogens is 1. The maximum Gasteiger partial charge on any atom is 0.342 e. The molecule has 2 rings (SSSR count). The Balaban J connectivity index is 1.75. The minimum absolute atomic E-state index is 0.282. The average Bonchev–Trinajstić information content (AvgIpc) is 2.80. The molecule has 4 nitrogen and oxygen atoms in total. The van der Waals surface area contributed by atoms with Crippen LogP contribution in [0.5, 0.6) is 0 Å². The SMILES string of the molecule is O=C(CCCCCn1cc2ccccc2c1)OO. The molecule has 18 heavy (non-hydrogen) atoms. The molecule has 0 atom stereocenters. The van der Waals surface area contributed by atoms with Crippen LogP contribution in [-0.2, 0) is 16.2 Å². The molecule has 0 aliphatic carbocycles. The first-order valence-electron chi connectivity index (χ1n) is 6.18. The zero-order chi connectivity index (χ0) is 12.8. The van der Waals surface area contributed by atoms with Crippen LogP contribution in [0.25, 0.3) is 10.8 Å². The van der Waals surface area contributed by atoms with Gasteiger partial charge in [0, 0.05) is 25.4 Å². The molecule has 0 spiro atoms. The summed E-state index contributed by atoms with van der Waals surface area (Å²) in [5.41, 5.74) is 0. The van der Waals surface area contributed by atoms with Crippen LogP contribution in [0.2, 0.25) is 0 Å².